The van der Waals surface area contributed by atoms with E-state index in [1.807, 2.05) is 4.90 Å². The van der Waals surface area contributed by atoms with Crippen molar-refractivity contribution >= 4 is 5.91 Å². The third-order valence-electron chi connectivity index (χ3n) is 3.98. The minimum atomic E-state index is -0.571. The third kappa shape index (κ3) is 4.15. The molecular weight excluding hydrogens is 260 g/mol. The second-order valence-corrected chi connectivity index (χ2v) is 5.47. The molecule has 0 spiro atoms. The van der Waals surface area contributed by atoms with Crippen LogP contribution in [0.25, 0.3) is 0 Å². The number of rotatable bonds is 7. The highest BCUT2D eigenvalue weighted by Gasteiger charge is 2.30. The van der Waals surface area contributed by atoms with E-state index in [-0.39, 0.29) is 24.7 Å². The Hall–Kier alpha value is -0.690. The number of hydrogen-bond donors (Lipinski definition) is 1. The van der Waals surface area contributed by atoms with E-state index < -0.39 is 6.10 Å². The summed E-state index contributed by atoms with van der Waals surface area (Å²) < 4.78 is 16.4. The van der Waals surface area contributed by atoms with Crippen LogP contribution in [-0.4, -0.2) is 69.1 Å². The molecule has 6 nitrogen and oxygen atoms in total. The maximum atomic E-state index is 12.5. The van der Waals surface area contributed by atoms with Crippen molar-refractivity contribution < 1.29 is 19.0 Å². The molecule has 0 aliphatic carbocycles. The fourth-order valence-corrected chi connectivity index (χ4v) is 2.82. The summed E-state index contributed by atoms with van der Waals surface area (Å²) in [6.07, 6.45) is 3.85. The Labute approximate surface area is 120 Å². The summed E-state index contributed by atoms with van der Waals surface area (Å²) >= 11 is 0. The standard InChI is InChI=1S/C14H26N2O4/c1-18-13(8-15)14(17)16(9-11-4-2-6-19-11)10-12-5-3-7-20-12/h11-13H,2-10,15H2,1H3. The van der Waals surface area contributed by atoms with Crippen LogP contribution >= 0.6 is 0 Å². The van der Waals surface area contributed by atoms with E-state index in [2.05, 4.69) is 0 Å². The second-order valence-electron chi connectivity index (χ2n) is 5.47. The number of carbonyl (C=O) groups excluding carboxylic acids is 1. The van der Waals surface area contributed by atoms with Crippen molar-refractivity contribution in [2.45, 2.75) is 44.0 Å². The third-order valence-corrected chi connectivity index (χ3v) is 3.98. The van der Waals surface area contributed by atoms with Gasteiger partial charge in [0.05, 0.1) is 12.2 Å². The molecular formula is C14H26N2O4. The molecule has 116 valence electrons. The van der Waals surface area contributed by atoms with E-state index in [0.717, 1.165) is 38.9 Å². The molecule has 2 aliphatic heterocycles. The van der Waals surface area contributed by atoms with Gasteiger partial charge in [0, 0.05) is 40.0 Å². The molecule has 0 aromatic heterocycles. The molecule has 3 atom stereocenters. The molecule has 0 radical (unpaired) electrons. The van der Waals surface area contributed by atoms with Crippen molar-refractivity contribution in [2.24, 2.45) is 5.73 Å². The fourth-order valence-electron chi connectivity index (χ4n) is 2.82. The minimum Gasteiger partial charge on any atom is -0.376 e. The Kier molecular flexibility index (Phi) is 6.22. The van der Waals surface area contributed by atoms with Crippen LogP contribution in [0.2, 0.25) is 0 Å². The van der Waals surface area contributed by atoms with E-state index in [4.69, 9.17) is 19.9 Å². The normalized spacial score (nSPS) is 27.7. The quantitative estimate of drug-likeness (QED) is 0.721. The Balaban J connectivity index is 1.95. The molecule has 6 heteroatoms. The van der Waals surface area contributed by atoms with Crippen LogP contribution < -0.4 is 5.73 Å². The number of methoxy groups -OCH3 is 1. The number of hydrogen-bond acceptors (Lipinski definition) is 5. The average Bonchev–Trinajstić information content (AvgIpc) is 3.12. The highest BCUT2D eigenvalue weighted by molar-refractivity contribution is 5.81. The van der Waals surface area contributed by atoms with Crippen molar-refractivity contribution in [1.29, 1.82) is 0 Å². The lowest BCUT2D eigenvalue weighted by molar-refractivity contribution is -0.144. The molecule has 1 amide bonds. The fraction of sp³-hybridized carbons (Fsp3) is 0.929. The van der Waals surface area contributed by atoms with Crippen LogP contribution in [0.3, 0.4) is 0 Å². The molecule has 20 heavy (non-hydrogen) atoms. The summed E-state index contributed by atoms with van der Waals surface area (Å²) in [6.45, 7) is 2.99. The van der Waals surface area contributed by atoms with Crippen LogP contribution in [0, 0.1) is 0 Å². The van der Waals surface area contributed by atoms with Crippen LogP contribution in [0.1, 0.15) is 25.7 Å². The summed E-state index contributed by atoms with van der Waals surface area (Å²) in [4.78, 5) is 14.3. The average molecular weight is 286 g/mol. The van der Waals surface area contributed by atoms with Gasteiger partial charge < -0.3 is 24.8 Å². The maximum Gasteiger partial charge on any atom is 0.253 e. The zero-order valence-electron chi connectivity index (χ0n) is 12.3. The van der Waals surface area contributed by atoms with Crippen molar-refractivity contribution in [2.75, 3.05) is 40.0 Å². The molecule has 0 bridgehead atoms. The van der Waals surface area contributed by atoms with E-state index in [0.29, 0.717) is 13.1 Å². The number of nitrogens with zero attached hydrogens (tertiary/aromatic N) is 1. The van der Waals surface area contributed by atoms with Gasteiger partial charge in [-0.1, -0.05) is 0 Å². The second kappa shape index (κ2) is 7.93. The first-order chi connectivity index (χ1) is 9.74. The van der Waals surface area contributed by atoms with Gasteiger partial charge in [0.15, 0.2) is 0 Å². The molecule has 0 aromatic carbocycles. The highest BCUT2D eigenvalue weighted by atomic mass is 16.5. The molecule has 0 saturated carbocycles. The molecule has 2 fully saturated rings. The summed E-state index contributed by atoms with van der Waals surface area (Å²) in [5, 5.41) is 0. The van der Waals surface area contributed by atoms with Crippen LogP contribution in [0.15, 0.2) is 0 Å². The van der Waals surface area contributed by atoms with E-state index >= 15 is 0 Å². The first-order valence-corrected chi connectivity index (χ1v) is 7.49. The number of ether oxygens (including phenoxy) is 3. The first kappa shape index (κ1) is 15.7. The van der Waals surface area contributed by atoms with E-state index in [1.165, 1.54) is 7.11 Å². The molecule has 2 rings (SSSR count). The van der Waals surface area contributed by atoms with Gasteiger partial charge in [0.2, 0.25) is 0 Å². The smallest absolute Gasteiger partial charge is 0.253 e. The monoisotopic (exact) mass is 286 g/mol. The van der Waals surface area contributed by atoms with E-state index in [9.17, 15) is 4.79 Å². The number of amides is 1. The van der Waals surface area contributed by atoms with Crippen molar-refractivity contribution in [3.63, 3.8) is 0 Å². The molecule has 0 aromatic rings. The molecule has 2 saturated heterocycles. The molecule has 2 aliphatic rings. The highest BCUT2D eigenvalue weighted by Crippen LogP contribution is 2.18. The van der Waals surface area contributed by atoms with Crippen LogP contribution in [0.5, 0.6) is 0 Å². The largest absolute Gasteiger partial charge is 0.376 e. The van der Waals surface area contributed by atoms with Gasteiger partial charge >= 0.3 is 0 Å². The SMILES string of the molecule is COC(CN)C(=O)N(CC1CCCO1)CC1CCCO1. The zero-order valence-corrected chi connectivity index (χ0v) is 12.3. The van der Waals surface area contributed by atoms with Gasteiger partial charge in [-0.25, -0.2) is 0 Å². The number of nitrogens with two attached hydrogens (primary N) is 1. The van der Waals surface area contributed by atoms with Gasteiger partial charge in [-0.15, -0.1) is 0 Å². The lowest BCUT2D eigenvalue weighted by Crippen LogP contribution is -2.49. The van der Waals surface area contributed by atoms with Gasteiger partial charge in [0.25, 0.3) is 5.91 Å². The van der Waals surface area contributed by atoms with Gasteiger partial charge in [-0.05, 0) is 25.7 Å². The van der Waals surface area contributed by atoms with Crippen LogP contribution in [0.4, 0.5) is 0 Å². The Morgan fingerprint density at radius 2 is 1.80 bits per heavy atom. The van der Waals surface area contributed by atoms with Gasteiger partial charge in [-0.2, -0.15) is 0 Å². The minimum absolute atomic E-state index is 0.0546. The van der Waals surface area contributed by atoms with Crippen molar-refractivity contribution in [1.82, 2.24) is 4.90 Å². The summed E-state index contributed by atoms with van der Waals surface area (Å²) in [6, 6.07) is 0. The van der Waals surface area contributed by atoms with Crippen molar-refractivity contribution in [3.05, 3.63) is 0 Å². The Bertz CT molecular complexity index is 280. The predicted molar refractivity (Wildman–Crippen MR) is 74.4 cm³/mol. The maximum absolute atomic E-state index is 12.5. The number of carbonyl (C=O) groups is 1. The Morgan fingerprint density at radius 3 is 2.15 bits per heavy atom. The van der Waals surface area contributed by atoms with Crippen LogP contribution in [-0.2, 0) is 19.0 Å². The molecule has 2 heterocycles. The lowest BCUT2D eigenvalue weighted by atomic mass is 10.1. The zero-order chi connectivity index (χ0) is 14.4. The summed E-state index contributed by atoms with van der Waals surface area (Å²) in [5.41, 5.74) is 5.60. The molecule has 3 unspecified atom stereocenters. The Morgan fingerprint density at radius 1 is 1.25 bits per heavy atom. The van der Waals surface area contributed by atoms with Gasteiger partial charge in [0.1, 0.15) is 6.10 Å². The first-order valence-electron chi connectivity index (χ1n) is 7.49. The molecule has 2 N–H and O–H groups in total. The lowest BCUT2D eigenvalue weighted by Gasteiger charge is -2.30. The topological polar surface area (TPSA) is 74.0 Å². The predicted octanol–water partition coefficient (Wildman–Crippen LogP) is 0.147. The summed E-state index contributed by atoms with van der Waals surface area (Å²) in [5.74, 6) is -0.0546. The van der Waals surface area contributed by atoms with Crippen molar-refractivity contribution in [3.8, 4) is 0 Å². The summed E-state index contributed by atoms with van der Waals surface area (Å²) in [7, 11) is 1.52. The van der Waals surface area contributed by atoms with Gasteiger partial charge in [-0.3, -0.25) is 4.79 Å². The van der Waals surface area contributed by atoms with E-state index in [1.54, 1.807) is 0 Å².